The first-order valence-electron chi connectivity index (χ1n) is 15.0. The van der Waals surface area contributed by atoms with E-state index in [-0.39, 0.29) is 41.8 Å². The largest absolute Gasteiger partial charge is 0.504 e. The molecule has 210 valence electrons. The molecule has 38 heavy (non-hydrogen) atoms. The van der Waals surface area contributed by atoms with Crippen molar-refractivity contribution in [3.63, 3.8) is 0 Å². The molecule has 7 nitrogen and oxygen atoms in total. The molecule has 3 fully saturated rings. The fraction of sp³-hybridized carbons (Fsp3) is 0.774. The molecule has 2 saturated carbocycles. The average molecular weight is 527 g/mol. The number of phenols is 1. The number of aliphatic hydroxyl groups is 1. The molecule has 1 aromatic carbocycles. The molecule has 5 aliphatic rings. The highest BCUT2D eigenvalue weighted by Gasteiger charge is 2.66. The Bertz CT molecular complexity index is 1090. The Morgan fingerprint density at radius 1 is 1.29 bits per heavy atom. The van der Waals surface area contributed by atoms with Gasteiger partial charge >= 0.3 is 5.97 Å². The number of aliphatic hydroxyl groups excluding tert-OH is 1. The van der Waals surface area contributed by atoms with Crippen LogP contribution in [-0.2, 0) is 28.0 Å². The zero-order chi connectivity index (χ0) is 27.0. The van der Waals surface area contributed by atoms with E-state index in [4.69, 9.17) is 9.47 Å². The number of aromatic hydroxyl groups is 1. The van der Waals surface area contributed by atoms with Crippen molar-refractivity contribution in [3.05, 3.63) is 22.8 Å². The number of nitrogens with zero attached hydrogens (tertiary/aromatic N) is 1. The Morgan fingerprint density at radius 3 is 2.71 bits per heavy atom. The number of likely N-dealkylation sites (tertiary alicyclic amines) is 1. The first kappa shape index (κ1) is 26.4. The molecule has 1 aromatic rings. The Balaban J connectivity index is 1.38. The third-order valence-corrected chi connectivity index (χ3v) is 10.3. The normalized spacial score (nSPS) is 33.3. The number of hydrogen-bond donors (Lipinski definition) is 3. The first-order chi connectivity index (χ1) is 18.1. The minimum Gasteiger partial charge on any atom is -0.504 e. The van der Waals surface area contributed by atoms with E-state index in [1.54, 1.807) is 0 Å². The fourth-order valence-corrected chi connectivity index (χ4v) is 8.21. The van der Waals surface area contributed by atoms with Crippen LogP contribution in [-0.4, -0.2) is 64.0 Å². The van der Waals surface area contributed by atoms with Crippen molar-refractivity contribution in [3.8, 4) is 11.5 Å². The van der Waals surface area contributed by atoms with E-state index < -0.39 is 11.6 Å². The van der Waals surface area contributed by atoms with Gasteiger partial charge in [-0.1, -0.05) is 20.3 Å². The smallest absolute Gasteiger partial charge is 0.323 e. The molecule has 4 unspecified atom stereocenters. The molecule has 0 aromatic heterocycles. The van der Waals surface area contributed by atoms with E-state index >= 15 is 0 Å². The van der Waals surface area contributed by atoms with Gasteiger partial charge in [-0.05, 0) is 95.2 Å². The molecule has 2 bridgehead atoms. The molecule has 7 heteroatoms. The summed E-state index contributed by atoms with van der Waals surface area (Å²) in [6.07, 6.45) is 7.37. The summed E-state index contributed by atoms with van der Waals surface area (Å²) in [7, 11) is 0. The Kier molecular flexibility index (Phi) is 6.51. The van der Waals surface area contributed by atoms with Crippen LogP contribution in [0.4, 0.5) is 0 Å². The van der Waals surface area contributed by atoms with Crippen molar-refractivity contribution in [1.29, 1.82) is 0 Å². The van der Waals surface area contributed by atoms with Crippen LogP contribution in [0, 0.1) is 17.8 Å². The van der Waals surface area contributed by atoms with Gasteiger partial charge in [0.05, 0.1) is 6.61 Å². The van der Waals surface area contributed by atoms with Gasteiger partial charge in [0.25, 0.3) is 0 Å². The summed E-state index contributed by atoms with van der Waals surface area (Å²) in [5.41, 5.74) is 2.25. The van der Waals surface area contributed by atoms with Crippen LogP contribution >= 0.6 is 0 Å². The van der Waals surface area contributed by atoms with Crippen molar-refractivity contribution < 1.29 is 24.5 Å². The number of rotatable bonds is 8. The van der Waals surface area contributed by atoms with Gasteiger partial charge in [-0.3, -0.25) is 15.0 Å². The number of nitrogens with one attached hydrogen (secondary N) is 1. The topological polar surface area (TPSA) is 91.3 Å². The van der Waals surface area contributed by atoms with Gasteiger partial charge in [0.1, 0.15) is 17.7 Å². The van der Waals surface area contributed by atoms with Crippen molar-refractivity contribution in [2.45, 2.75) is 121 Å². The van der Waals surface area contributed by atoms with Crippen LogP contribution in [0.15, 0.2) is 6.07 Å². The maximum absolute atomic E-state index is 13.4. The minimum absolute atomic E-state index is 0.0243. The van der Waals surface area contributed by atoms with Crippen molar-refractivity contribution in [2.75, 3.05) is 13.1 Å². The molecule has 1 spiro atoms. The average Bonchev–Trinajstić information content (AvgIpc) is 3.61. The number of hydrogen-bond acceptors (Lipinski definition) is 7. The number of esters is 1. The van der Waals surface area contributed by atoms with Crippen LogP contribution in [0.1, 0.15) is 89.8 Å². The lowest BCUT2D eigenvalue weighted by atomic mass is 9.51. The lowest BCUT2D eigenvalue weighted by molar-refractivity contribution is -0.160. The van der Waals surface area contributed by atoms with E-state index in [9.17, 15) is 15.0 Å². The molecular formula is C31H46N2O5. The van der Waals surface area contributed by atoms with Gasteiger partial charge in [-0.2, -0.15) is 0 Å². The van der Waals surface area contributed by atoms with Gasteiger partial charge in [0.15, 0.2) is 11.5 Å². The predicted octanol–water partition coefficient (Wildman–Crippen LogP) is 4.05. The number of carbonyl (C=O) groups excluding carboxylic acids is 1. The summed E-state index contributed by atoms with van der Waals surface area (Å²) >= 11 is 0. The molecule has 6 rings (SSSR count). The summed E-state index contributed by atoms with van der Waals surface area (Å²) in [4.78, 5) is 16.1. The second-order valence-electron chi connectivity index (χ2n) is 13.8. The van der Waals surface area contributed by atoms with Crippen molar-refractivity contribution in [1.82, 2.24) is 10.2 Å². The fourth-order valence-electron chi connectivity index (χ4n) is 8.21. The lowest BCUT2D eigenvalue weighted by Gasteiger charge is -2.60. The van der Waals surface area contributed by atoms with Crippen molar-refractivity contribution in [2.24, 2.45) is 17.8 Å². The van der Waals surface area contributed by atoms with Gasteiger partial charge in [-0.25, -0.2) is 0 Å². The quantitative estimate of drug-likeness (QED) is 0.440. The number of carbonyl (C=O) groups is 1. The maximum atomic E-state index is 13.4. The second-order valence-corrected chi connectivity index (χ2v) is 13.8. The standard InChI is InChI=1S/C31H46N2O5/c1-6-17(2)25(29(36)38-30(3,4)5)32-22-10-9-21-23-14-19-13-20(16-34)26(35)27-24(19)31(21,28(22)37-27)11-12-33(23)15-18-7-8-18/h13,17-18,21-23,25,28,32,34-35H,6-12,14-16H2,1-5H3/t17?,21-,22?,23+,25?,28?,31-/m0/s1. The minimum atomic E-state index is -0.548. The van der Waals surface area contributed by atoms with E-state index in [0.717, 1.165) is 44.6 Å². The van der Waals surface area contributed by atoms with Gasteiger partial charge in [-0.15, -0.1) is 0 Å². The molecule has 0 radical (unpaired) electrons. The lowest BCUT2D eigenvalue weighted by Crippen LogP contribution is -2.69. The van der Waals surface area contributed by atoms with Gasteiger partial charge < -0.3 is 19.7 Å². The highest BCUT2D eigenvalue weighted by Crippen LogP contribution is 2.64. The van der Waals surface area contributed by atoms with Crippen LogP contribution in [0.5, 0.6) is 11.5 Å². The summed E-state index contributed by atoms with van der Waals surface area (Å²) in [6.45, 7) is 12.0. The Morgan fingerprint density at radius 2 is 2.05 bits per heavy atom. The molecule has 2 heterocycles. The second kappa shape index (κ2) is 9.38. The molecule has 1 saturated heterocycles. The van der Waals surface area contributed by atoms with Crippen LogP contribution in [0.25, 0.3) is 0 Å². The van der Waals surface area contributed by atoms with Crippen LogP contribution in [0.2, 0.25) is 0 Å². The third-order valence-electron chi connectivity index (χ3n) is 10.3. The zero-order valence-electron chi connectivity index (χ0n) is 23.8. The summed E-state index contributed by atoms with van der Waals surface area (Å²) in [6, 6.07) is 2.05. The van der Waals surface area contributed by atoms with E-state index in [1.807, 2.05) is 26.8 Å². The number of benzene rings is 1. The number of piperidine rings is 1. The molecule has 2 aliphatic heterocycles. The van der Waals surface area contributed by atoms with E-state index in [0.29, 0.717) is 23.3 Å². The van der Waals surface area contributed by atoms with Crippen LogP contribution < -0.4 is 10.1 Å². The molecule has 3 N–H and O–H groups in total. The third kappa shape index (κ3) is 4.15. The molecule has 3 aliphatic carbocycles. The van der Waals surface area contributed by atoms with Gasteiger partial charge in [0, 0.05) is 35.2 Å². The van der Waals surface area contributed by atoms with E-state index in [1.165, 1.54) is 30.5 Å². The van der Waals surface area contributed by atoms with Gasteiger partial charge in [0.2, 0.25) is 0 Å². The summed E-state index contributed by atoms with van der Waals surface area (Å²) < 4.78 is 12.7. The maximum Gasteiger partial charge on any atom is 0.323 e. The first-order valence-corrected chi connectivity index (χ1v) is 15.0. The highest BCUT2D eigenvalue weighted by atomic mass is 16.6. The molecule has 0 amide bonds. The monoisotopic (exact) mass is 526 g/mol. The molecular weight excluding hydrogens is 480 g/mol. The van der Waals surface area contributed by atoms with Crippen LogP contribution in [0.3, 0.4) is 0 Å². The Labute approximate surface area is 227 Å². The number of ether oxygens (including phenoxy) is 2. The van der Waals surface area contributed by atoms with E-state index in [2.05, 4.69) is 24.1 Å². The predicted molar refractivity (Wildman–Crippen MR) is 145 cm³/mol. The highest BCUT2D eigenvalue weighted by molar-refractivity contribution is 5.76. The zero-order valence-corrected chi connectivity index (χ0v) is 23.8. The summed E-state index contributed by atoms with van der Waals surface area (Å²) in [5, 5.41) is 25.0. The SMILES string of the molecule is CCC(C)C(NC1CC[C@H]2[C@H]3Cc4cc(CO)c(O)c5c4[C@@]2(CCN3CC2CC2)C1O5)C(=O)OC(C)(C)C. The van der Waals surface area contributed by atoms with Crippen molar-refractivity contribution >= 4 is 5.97 Å². The summed E-state index contributed by atoms with van der Waals surface area (Å²) in [5.74, 6) is 1.91. The molecule has 7 atom stereocenters. The Hall–Kier alpha value is -1.83.